The van der Waals surface area contributed by atoms with Crippen LogP contribution in [-0.2, 0) is 10.9 Å². The first-order valence-corrected chi connectivity index (χ1v) is 10.6. The van der Waals surface area contributed by atoms with Crippen molar-refractivity contribution >= 4 is 17.3 Å². The number of hydrogen-bond donors (Lipinski definition) is 2. The van der Waals surface area contributed by atoms with Crippen molar-refractivity contribution in [2.24, 2.45) is 10.7 Å². The van der Waals surface area contributed by atoms with E-state index in [0.717, 1.165) is 25.2 Å². The second-order valence-electron chi connectivity index (χ2n) is 7.38. The molecule has 0 atom stereocenters. The van der Waals surface area contributed by atoms with Crippen molar-refractivity contribution in [3.8, 4) is 5.88 Å². The topological polar surface area (TPSA) is 102 Å². The van der Waals surface area contributed by atoms with Crippen LogP contribution in [0.1, 0.15) is 21.5 Å². The minimum Gasteiger partial charge on any atom is -0.476 e. The number of morpholine rings is 1. The molecule has 0 spiro atoms. The molecule has 0 aliphatic carbocycles. The average molecular weight is 477 g/mol. The van der Waals surface area contributed by atoms with Gasteiger partial charge in [0.1, 0.15) is 6.61 Å². The van der Waals surface area contributed by atoms with Crippen LogP contribution in [0.15, 0.2) is 53.8 Å². The number of anilines is 1. The number of nitrogens with two attached hydrogens (primary N) is 1. The number of nitrogens with zero attached hydrogens (tertiary/aromatic N) is 3. The molecule has 1 saturated heterocycles. The van der Waals surface area contributed by atoms with Crippen LogP contribution in [0.4, 0.5) is 18.9 Å². The summed E-state index contributed by atoms with van der Waals surface area (Å²) in [6.07, 6.45) is -0.303. The van der Waals surface area contributed by atoms with Crippen LogP contribution < -0.4 is 15.8 Å². The van der Waals surface area contributed by atoms with Crippen molar-refractivity contribution in [1.82, 2.24) is 9.88 Å². The van der Waals surface area contributed by atoms with Crippen LogP contribution in [0, 0.1) is 0 Å². The molecule has 1 aromatic heterocycles. The van der Waals surface area contributed by atoms with Crippen molar-refractivity contribution in [2.75, 3.05) is 51.8 Å². The number of aliphatic imine (C=N–C) groups is 1. The molecule has 2 heterocycles. The normalized spacial score (nSPS) is 15.5. The molecule has 1 aliphatic rings. The molecule has 0 unspecified atom stereocenters. The summed E-state index contributed by atoms with van der Waals surface area (Å²) in [5.41, 5.74) is 5.71. The summed E-state index contributed by atoms with van der Waals surface area (Å²) >= 11 is 0. The molecule has 1 amide bonds. The zero-order chi connectivity index (χ0) is 24.6. The van der Waals surface area contributed by atoms with Gasteiger partial charge in [-0.2, -0.15) is 13.2 Å². The first-order valence-electron chi connectivity index (χ1n) is 10.6. The van der Waals surface area contributed by atoms with Gasteiger partial charge in [0, 0.05) is 32.2 Å². The fourth-order valence-electron chi connectivity index (χ4n) is 3.33. The third-order valence-electron chi connectivity index (χ3n) is 5.08. The van der Waals surface area contributed by atoms with Crippen LogP contribution in [0.2, 0.25) is 0 Å². The number of aromatic nitrogens is 1. The van der Waals surface area contributed by atoms with Crippen molar-refractivity contribution in [1.29, 1.82) is 0 Å². The maximum atomic E-state index is 13.0. The van der Waals surface area contributed by atoms with Gasteiger partial charge in [0.2, 0.25) is 5.88 Å². The molecule has 0 bridgehead atoms. The van der Waals surface area contributed by atoms with Gasteiger partial charge in [-0.3, -0.25) is 14.7 Å². The van der Waals surface area contributed by atoms with Crippen LogP contribution in [0.3, 0.4) is 0 Å². The Balaban J connectivity index is 1.78. The Labute approximate surface area is 195 Å². The molecule has 1 aliphatic heterocycles. The highest BCUT2D eigenvalue weighted by Crippen LogP contribution is 2.30. The summed E-state index contributed by atoms with van der Waals surface area (Å²) in [6.45, 7) is 4.06. The molecule has 34 heavy (non-hydrogen) atoms. The molecule has 11 heteroatoms. The van der Waals surface area contributed by atoms with Crippen LogP contribution in [0.5, 0.6) is 5.88 Å². The number of pyridine rings is 1. The van der Waals surface area contributed by atoms with E-state index in [4.69, 9.17) is 15.2 Å². The van der Waals surface area contributed by atoms with E-state index in [9.17, 15) is 18.0 Å². The number of allylic oxidation sites excluding steroid dienone is 1. The SMILES string of the molecule is CN=C(C=CN)c1cc(NC(=O)c2cccc(C(F)(F)F)c2)cnc1OCCN1CCOCC1. The summed E-state index contributed by atoms with van der Waals surface area (Å²) in [5.74, 6) is -0.409. The maximum absolute atomic E-state index is 13.0. The minimum absolute atomic E-state index is 0.131. The second-order valence-corrected chi connectivity index (χ2v) is 7.38. The quantitative estimate of drug-likeness (QED) is 0.567. The van der Waals surface area contributed by atoms with Gasteiger partial charge < -0.3 is 20.5 Å². The Morgan fingerprint density at radius 1 is 1.32 bits per heavy atom. The highest BCUT2D eigenvalue weighted by Gasteiger charge is 2.31. The zero-order valence-electron chi connectivity index (χ0n) is 18.6. The van der Waals surface area contributed by atoms with Crippen molar-refractivity contribution in [3.05, 3.63) is 65.5 Å². The molecule has 182 valence electrons. The average Bonchev–Trinajstić information content (AvgIpc) is 2.83. The minimum atomic E-state index is -4.55. The Morgan fingerprint density at radius 3 is 2.76 bits per heavy atom. The molecule has 8 nitrogen and oxygen atoms in total. The molecule has 3 rings (SSSR count). The number of amides is 1. The van der Waals surface area contributed by atoms with Gasteiger partial charge in [-0.1, -0.05) is 6.07 Å². The monoisotopic (exact) mass is 477 g/mol. The number of carbonyl (C=O) groups excluding carboxylic acids is 1. The number of halogens is 3. The first kappa shape index (κ1) is 25.2. The first-order chi connectivity index (χ1) is 16.3. The highest BCUT2D eigenvalue weighted by molar-refractivity contribution is 6.11. The van der Waals surface area contributed by atoms with E-state index < -0.39 is 17.6 Å². The molecule has 1 fully saturated rings. The molecular formula is C23H26F3N5O3. The lowest BCUT2D eigenvalue weighted by atomic mass is 10.1. The third-order valence-corrected chi connectivity index (χ3v) is 5.08. The van der Waals surface area contributed by atoms with Gasteiger partial charge in [0.15, 0.2) is 0 Å². The number of alkyl halides is 3. The lowest BCUT2D eigenvalue weighted by Gasteiger charge is -2.26. The smallest absolute Gasteiger partial charge is 0.416 e. The summed E-state index contributed by atoms with van der Waals surface area (Å²) in [6, 6.07) is 5.77. The predicted octanol–water partition coefficient (Wildman–Crippen LogP) is 2.96. The van der Waals surface area contributed by atoms with Crippen LogP contribution >= 0.6 is 0 Å². The third kappa shape index (κ3) is 6.78. The highest BCUT2D eigenvalue weighted by atomic mass is 19.4. The van der Waals surface area contributed by atoms with E-state index in [1.165, 1.54) is 24.5 Å². The molecule has 0 radical (unpaired) electrons. The number of hydrogen-bond acceptors (Lipinski definition) is 7. The molecule has 3 N–H and O–H groups in total. The predicted molar refractivity (Wildman–Crippen MR) is 122 cm³/mol. The van der Waals surface area contributed by atoms with E-state index in [-0.39, 0.29) is 11.3 Å². The van der Waals surface area contributed by atoms with Crippen molar-refractivity contribution in [3.63, 3.8) is 0 Å². The van der Waals surface area contributed by atoms with Crippen LogP contribution in [0.25, 0.3) is 0 Å². The van der Waals surface area contributed by atoms with Gasteiger partial charge in [0.25, 0.3) is 5.91 Å². The Hall–Kier alpha value is -3.44. The maximum Gasteiger partial charge on any atom is 0.416 e. The fraction of sp³-hybridized carbons (Fsp3) is 0.348. The van der Waals surface area contributed by atoms with E-state index in [1.807, 2.05) is 0 Å². The van der Waals surface area contributed by atoms with Gasteiger partial charge in [-0.05, 0) is 36.5 Å². The van der Waals surface area contributed by atoms with E-state index >= 15 is 0 Å². The molecule has 1 aromatic carbocycles. The van der Waals surface area contributed by atoms with Gasteiger partial charge >= 0.3 is 6.18 Å². The van der Waals surface area contributed by atoms with E-state index in [1.54, 1.807) is 19.2 Å². The zero-order valence-corrected chi connectivity index (χ0v) is 18.6. The fourth-order valence-corrected chi connectivity index (χ4v) is 3.33. The van der Waals surface area contributed by atoms with Crippen LogP contribution in [-0.4, -0.2) is 68.0 Å². The second kappa shape index (κ2) is 11.6. The van der Waals surface area contributed by atoms with Gasteiger partial charge in [-0.15, -0.1) is 0 Å². The summed E-state index contributed by atoms with van der Waals surface area (Å²) in [7, 11) is 1.57. The lowest BCUT2D eigenvalue weighted by Crippen LogP contribution is -2.38. The molecule has 2 aromatic rings. The number of rotatable bonds is 8. The number of ether oxygens (including phenoxy) is 2. The Kier molecular flexibility index (Phi) is 8.61. The summed E-state index contributed by atoms with van der Waals surface area (Å²) in [4.78, 5) is 23.3. The Morgan fingerprint density at radius 2 is 2.09 bits per heavy atom. The van der Waals surface area contributed by atoms with E-state index in [0.29, 0.717) is 43.5 Å². The van der Waals surface area contributed by atoms with E-state index in [2.05, 4.69) is 20.2 Å². The molecule has 0 saturated carbocycles. The molecular weight excluding hydrogens is 451 g/mol. The number of benzene rings is 1. The lowest BCUT2D eigenvalue weighted by molar-refractivity contribution is -0.137. The summed E-state index contributed by atoms with van der Waals surface area (Å²) < 4.78 is 50.2. The Bertz CT molecular complexity index is 1050. The number of nitrogens with one attached hydrogen (secondary N) is 1. The standard InChI is InChI=1S/C23H26F3N5O3/c1-28-20(5-6-27)19-14-18(15-29-22(19)34-12-9-31-7-10-33-11-8-31)30-21(32)16-3-2-4-17(13-16)23(24,25)26/h2-6,13-15H,7-12,27H2,1H3,(H,30,32). The number of carbonyl (C=O) groups is 1. The van der Waals surface area contributed by atoms with Gasteiger partial charge in [0.05, 0.1) is 41.9 Å². The largest absolute Gasteiger partial charge is 0.476 e. The van der Waals surface area contributed by atoms with Crippen molar-refractivity contribution in [2.45, 2.75) is 6.18 Å². The van der Waals surface area contributed by atoms with Crippen molar-refractivity contribution < 1.29 is 27.4 Å². The van der Waals surface area contributed by atoms with Gasteiger partial charge in [-0.25, -0.2) is 4.98 Å². The summed E-state index contributed by atoms with van der Waals surface area (Å²) in [5, 5.41) is 2.58.